The number of carbonyl (C=O) groups excluding carboxylic acids is 1. The largest absolute Gasteiger partial charge is 0.294 e. The number of carbonyl (C=O) groups is 1. The van der Waals surface area contributed by atoms with Crippen LogP contribution in [0.4, 0.5) is 4.39 Å². The standard InChI is InChI=1S/C16H18FNOS/c1-10-5-6-12(17)11(7-10)13(19)8-15-18-14(9-20-15)16(2,3)4/h5-7,9H,8H2,1-4H3. The molecular formula is C16H18FNOS. The smallest absolute Gasteiger partial charge is 0.172 e. The third-order valence-electron chi connectivity index (χ3n) is 3.05. The van der Waals surface area contributed by atoms with Crippen LogP contribution in [0.3, 0.4) is 0 Å². The Morgan fingerprint density at radius 3 is 2.65 bits per heavy atom. The molecule has 2 nitrogen and oxygen atoms in total. The maximum absolute atomic E-state index is 13.7. The Kier molecular flexibility index (Phi) is 4.04. The van der Waals surface area contributed by atoms with Gasteiger partial charge in [0, 0.05) is 10.8 Å². The normalized spacial score (nSPS) is 11.7. The number of rotatable bonds is 3. The van der Waals surface area contributed by atoms with Crippen LogP contribution in [-0.2, 0) is 11.8 Å². The lowest BCUT2D eigenvalue weighted by molar-refractivity contribution is 0.0989. The van der Waals surface area contributed by atoms with Crippen molar-refractivity contribution >= 4 is 17.1 Å². The Labute approximate surface area is 122 Å². The fraction of sp³-hybridized carbons (Fsp3) is 0.375. The second-order valence-electron chi connectivity index (χ2n) is 5.96. The van der Waals surface area contributed by atoms with Crippen LogP contribution in [0.25, 0.3) is 0 Å². The van der Waals surface area contributed by atoms with E-state index in [-0.39, 0.29) is 23.2 Å². The van der Waals surface area contributed by atoms with E-state index in [1.54, 1.807) is 12.1 Å². The molecule has 106 valence electrons. The number of aromatic nitrogens is 1. The molecule has 1 aromatic heterocycles. The topological polar surface area (TPSA) is 30.0 Å². The minimum absolute atomic E-state index is 0.0353. The molecule has 0 aliphatic heterocycles. The maximum atomic E-state index is 13.7. The molecule has 0 spiro atoms. The summed E-state index contributed by atoms with van der Waals surface area (Å²) in [6.45, 7) is 8.08. The van der Waals surface area contributed by atoms with E-state index in [0.717, 1.165) is 16.3 Å². The first-order chi connectivity index (χ1) is 9.27. The summed E-state index contributed by atoms with van der Waals surface area (Å²) in [5, 5.41) is 2.70. The van der Waals surface area contributed by atoms with Gasteiger partial charge in [0.15, 0.2) is 5.78 Å². The summed E-state index contributed by atoms with van der Waals surface area (Å²) in [6, 6.07) is 4.59. The highest BCUT2D eigenvalue weighted by molar-refractivity contribution is 7.09. The van der Waals surface area contributed by atoms with Crippen molar-refractivity contribution in [1.82, 2.24) is 4.98 Å². The van der Waals surface area contributed by atoms with Crippen molar-refractivity contribution in [2.24, 2.45) is 0 Å². The molecule has 0 amide bonds. The molecule has 0 fully saturated rings. The van der Waals surface area contributed by atoms with Gasteiger partial charge in [-0.05, 0) is 19.1 Å². The van der Waals surface area contributed by atoms with E-state index >= 15 is 0 Å². The molecule has 0 aliphatic rings. The third kappa shape index (κ3) is 3.31. The Hall–Kier alpha value is -1.55. The molecule has 2 rings (SSSR count). The number of hydrogen-bond acceptors (Lipinski definition) is 3. The van der Waals surface area contributed by atoms with Crippen LogP contribution in [0.2, 0.25) is 0 Å². The van der Waals surface area contributed by atoms with E-state index in [1.807, 2.05) is 12.3 Å². The van der Waals surface area contributed by atoms with Gasteiger partial charge < -0.3 is 0 Å². The molecule has 0 radical (unpaired) electrons. The molecule has 0 saturated heterocycles. The van der Waals surface area contributed by atoms with Crippen LogP contribution < -0.4 is 0 Å². The van der Waals surface area contributed by atoms with Crippen molar-refractivity contribution < 1.29 is 9.18 Å². The van der Waals surface area contributed by atoms with Gasteiger partial charge in [-0.1, -0.05) is 32.4 Å². The van der Waals surface area contributed by atoms with E-state index < -0.39 is 5.82 Å². The van der Waals surface area contributed by atoms with Crippen LogP contribution >= 0.6 is 11.3 Å². The highest BCUT2D eigenvalue weighted by atomic mass is 32.1. The number of halogens is 1. The molecular weight excluding hydrogens is 273 g/mol. The average molecular weight is 291 g/mol. The van der Waals surface area contributed by atoms with Crippen LogP contribution in [0.5, 0.6) is 0 Å². The molecule has 2 aromatic rings. The van der Waals surface area contributed by atoms with Gasteiger partial charge >= 0.3 is 0 Å². The summed E-state index contributed by atoms with van der Waals surface area (Å²) in [5.41, 5.74) is 1.96. The highest BCUT2D eigenvalue weighted by Gasteiger charge is 2.19. The number of aryl methyl sites for hydroxylation is 1. The summed E-state index contributed by atoms with van der Waals surface area (Å²) in [4.78, 5) is 16.6. The van der Waals surface area contributed by atoms with Gasteiger partial charge in [-0.2, -0.15) is 0 Å². The number of Topliss-reactive ketones (excluding diaryl/α,β-unsaturated/α-hetero) is 1. The summed E-state index contributed by atoms with van der Waals surface area (Å²) >= 11 is 1.46. The third-order valence-corrected chi connectivity index (χ3v) is 3.90. The van der Waals surface area contributed by atoms with Gasteiger partial charge in [0.1, 0.15) is 10.8 Å². The lowest BCUT2D eigenvalue weighted by Gasteiger charge is -2.14. The number of nitrogens with zero attached hydrogens (tertiary/aromatic N) is 1. The molecule has 20 heavy (non-hydrogen) atoms. The Balaban J connectivity index is 2.20. The monoisotopic (exact) mass is 291 g/mol. The summed E-state index contributed by atoms with van der Waals surface area (Å²) < 4.78 is 13.7. The summed E-state index contributed by atoms with van der Waals surface area (Å²) in [6.07, 6.45) is 0.154. The quantitative estimate of drug-likeness (QED) is 0.789. The van der Waals surface area contributed by atoms with Crippen molar-refractivity contribution in [3.05, 3.63) is 51.2 Å². The van der Waals surface area contributed by atoms with Crippen molar-refractivity contribution in [3.63, 3.8) is 0 Å². The van der Waals surface area contributed by atoms with E-state index in [0.29, 0.717) is 0 Å². The number of benzene rings is 1. The van der Waals surface area contributed by atoms with E-state index in [1.165, 1.54) is 17.4 Å². The maximum Gasteiger partial charge on any atom is 0.172 e. The van der Waals surface area contributed by atoms with Crippen molar-refractivity contribution in [2.75, 3.05) is 0 Å². The number of thiazole rings is 1. The molecule has 1 heterocycles. The lowest BCUT2D eigenvalue weighted by atomic mass is 9.93. The first-order valence-electron chi connectivity index (χ1n) is 6.51. The summed E-state index contributed by atoms with van der Waals surface area (Å²) in [7, 11) is 0. The van der Waals surface area contributed by atoms with Crippen LogP contribution in [0.1, 0.15) is 47.4 Å². The fourth-order valence-electron chi connectivity index (χ4n) is 1.82. The minimum Gasteiger partial charge on any atom is -0.294 e. The SMILES string of the molecule is Cc1ccc(F)c(C(=O)Cc2nc(C(C)(C)C)cs2)c1. The van der Waals surface area contributed by atoms with E-state index in [9.17, 15) is 9.18 Å². The molecule has 4 heteroatoms. The molecule has 0 aliphatic carbocycles. The zero-order valence-electron chi connectivity index (χ0n) is 12.2. The van der Waals surface area contributed by atoms with Gasteiger partial charge in [-0.15, -0.1) is 11.3 Å². The van der Waals surface area contributed by atoms with E-state index in [2.05, 4.69) is 25.8 Å². The Bertz CT molecular complexity index is 640. The molecule has 0 saturated carbocycles. The lowest BCUT2D eigenvalue weighted by Crippen LogP contribution is -2.12. The second-order valence-corrected chi connectivity index (χ2v) is 6.90. The van der Waals surface area contributed by atoms with Gasteiger partial charge in [-0.25, -0.2) is 9.37 Å². The van der Waals surface area contributed by atoms with Gasteiger partial charge in [0.05, 0.1) is 17.7 Å². The Morgan fingerprint density at radius 1 is 1.35 bits per heavy atom. The highest BCUT2D eigenvalue weighted by Crippen LogP contribution is 2.24. The van der Waals surface area contributed by atoms with Gasteiger partial charge in [0.25, 0.3) is 0 Å². The van der Waals surface area contributed by atoms with Gasteiger partial charge in [-0.3, -0.25) is 4.79 Å². The van der Waals surface area contributed by atoms with Crippen molar-refractivity contribution in [2.45, 2.75) is 39.5 Å². The molecule has 0 atom stereocenters. The number of ketones is 1. The predicted molar refractivity (Wildman–Crippen MR) is 80.0 cm³/mol. The second kappa shape index (κ2) is 5.44. The number of hydrogen-bond donors (Lipinski definition) is 0. The first-order valence-corrected chi connectivity index (χ1v) is 7.39. The van der Waals surface area contributed by atoms with Crippen LogP contribution in [0.15, 0.2) is 23.6 Å². The molecule has 0 N–H and O–H groups in total. The summed E-state index contributed by atoms with van der Waals surface area (Å²) in [5.74, 6) is -0.686. The zero-order valence-corrected chi connectivity index (χ0v) is 13.0. The average Bonchev–Trinajstić information content (AvgIpc) is 2.80. The minimum atomic E-state index is -0.465. The van der Waals surface area contributed by atoms with Crippen molar-refractivity contribution in [3.8, 4) is 0 Å². The predicted octanol–water partition coefficient (Wildman–Crippen LogP) is 4.31. The van der Waals surface area contributed by atoms with Crippen molar-refractivity contribution in [1.29, 1.82) is 0 Å². The molecule has 1 aromatic carbocycles. The van der Waals surface area contributed by atoms with E-state index in [4.69, 9.17) is 0 Å². The first kappa shape index (κ1) is 14.9. The Morgan fingerprint density at radius 2 is 2.05 bits per heavy atom. The zero-order chi connectivity index (χ0) is 14.9. The van der Waals surface area contributed by atoms with Crippen LogP contribution in [-0.4, -0.2) is 10.8 Å². The molecule has 0 bridgehead atoms. The fourth-order valence-corrected chi connectivity index (χ4v) is 2.84. The van der Waals surface area contributed by atoms with Gasteiger partial charge in [0.2, 0.25) is 0 Å². The van der Waals surface area contributed by atoms with Crippen LogP contribution in [0, 0.1) is 12.7 Å². The molecule has 0 unspecified atom stereocenters.